The smallest absolute Gasteiger partial charge is 0.138 e. The number of rotatable bonds is 4. The summed E-state index contributed by atoms with van der Waals surface area (Å²) >= 11 is 1.79. The zero-order chi connectivity index (χ0) is 22.5. The molecule has 1 aromatic carbocycles. The van der Waals surface area contributed by atoms with E-state index in [9.17, 15) is 0 Å². The van der Waals surface area contributed by atoms with Crippen LogP contribution in [-0.4, -0.2) is 39.2 Å². The van der Waals surface area contributed by atoms with Crippen LogP contribution in [0.15, 0.2) is 67.1 Å². The third-order valence-corrected chi connectivity index (χ3v) is 6.96. The van der Waals surface area contributed by atoms with Crippen molar-refractivity contribution in [2.75, 3.05) is 19.0 Å². The first kappa shape index (κ1) is 19.7. The molecule has 0 atom stereocenters. The van der Waals surface area contributed by atoms with Gasteiger partial charge in [-0.1, -0.05) is 6.07 Å². The fourth-order valence-electron chi connectivity index (χ4n) is 4.18. The third kappa shape index (κ3) is 3.37. The minimum Gasteiger partial charge on any atom is -0.376 e. The van der Waals surface area contributed by atoms with Gasteiger partial charge in [0.15, 0.2) is 0 Å². The number of hydrogen-bond acceptors (Lipinski definition) is 5. The van der Waals surface area contributed by atoms with E-state index >= 15 is 0 Å². The molecule has 0 unspecified atom stereocenters. The Morgan fingerprint density at radius 1 is 0.909 bits per heavy atom. The number of H-pyrrole nitrogens is 2. The highest BCUT2D eigenvalue weighted by molar-refractivity contribution is 7.15. The minimum atomic E-state index is 0.865. The van der Waals surface area contributed by atoms with Crippen molar-refractivity contribution in [2.24, 2.45) is 0 Å². The summed E-state index contributed by atoms with van der Waals surface area (Å²) in [7, 11) is 4.04. The monoisotopic (exact) mass is 450 g/mol. The molecule has 33 heavy (non-hydrogen) atoms. The van der Waals surface area contributed by atoms with E-state index in [4.69, 9.17) is 0 Å². The van der Waals surface area contributed by atoms with Crippen molar-refractivity contribution in [1.29, 1.82) is 0 Å². The summed E-state index contributed by atoms with van der Waals surface area (Å²) in [6.45, 7) is 2.13. The van der Waals surface area contributed by atoms with Gasteiger partial charge in [0, 0.05) is 58.1 Å². The van der Waals surface area contributed by atoms with E-state index in [1.54, 1.807) is 11.3 Å². The van der Waals surface area contributed by atoms with Crippen molar-refractivity contribution in [3.05, 3.63) is 72.0 Å². The summed E-state index contributed by atoms with van der Waals surface area (Å²) < 4.78 is 0. The average Bonchev–Trinajstić information content (AvgIpc) is 3.55. The third-order valence-electron chi connectivity index (χ3n) is 5.93. The number of thiophene rings is 1. The van der Waals surface area contributed by atoms with Gasteiger partial charge in [-0.15, -0.1) is 11.3 Å². The fourth-order valence-corrected chi connectivity index (χ4v) is 5.08. The summed E-state index contributed by atoms with van der Waals surface area (Å²) in [5, 5.41) is 9.98. The Kier molecular flexibility index (Phi) is 4.52. The topological polar surface area (TPSA) is 73.5 Å². The highest BCUT2D eigenvalue weighted by atomic mass is 32.1. The number of benzene rings is 1. The Balaban J connectivity index is 1.48. The quantitative estimate of drug-likeness (QED) is 0.332. The molecule has 0 amide bonds. The lowest BCUT2D eigenvalue weighted by atomic mass is 10.0. The molecule has 5 aromatic heterocycles. The van der Waals surface area contributed by atoms with E-state index in [0.717, 1.165) is 50.1 Å². The molecule has 0 aliphatic rings. The molecule has 162 valence electrons. The Labute approximate surface area is 195 Å². The maximum Gasteiger partial charge on any atom is 0.138 e. The van der Waals surface area contributed by atoms with Gasteiger partial charge in [-0.2, -0.15) is 5.10 Å². The van der Waals surface area contributed by atoms with Crippen LogP contribution in [0, 0.1) is 6.92 Å². The molecule has 0 fully saturated rings. The number of pyridine rings is 2. The number of aromatic amines is 2. The number of aryl methyl sites for hydroxylation is 1. The number of hydrogen-bond donors (Lipinski definition) is 2. The molecule has 7 heteroatoms. The molecule has 6 aromatic rings. The normalized spacial score (nSPS) is 11.5. The van der Waals surface area contributed by atoms with Gasteiger partial charge in [-0.25, -0.2) is 4.98 Å². The Hall–Kier alpha value is -3.97. The molecule has 0 radical (unpaired) electrons. The van der Waals surface area contributed by atoms with Crippen LogP contribution in [-0.2, 0) is 0 Å². The largest absolute Gasteiger partial charge is 0.376 e. The van der Waals surface area contributed by atoms with Gasteiger partial charge < -0.3 is 9.88 Å². The number of anilines is 1. The van der Waals surface area contributed by atoms with Crippen LogP contribution in [0.4, 0.5) is 5.69 Å². The van der Waals surface area contributed by atoms with E-state index in [2.05, 4.69) is 85.5 Å². The maximum atomic E-state index is 4.64. The van der Waals surface area contributed by atoms with Crippen molar-refractivity contribution in [3.63, 3.8) is 0 Å². The number of nitrogens with one attached hydrogen (secondary N) is 2. The predicted molar refractivity (Wildman–Crippen MR) is 137 cm³/mol. The van der Waals surface area contributed by atoms with Gasteiger partial charge in [-0.05, 0) is 55.0 Å². The van der Waals surface area contributed by atoms with Gasteiger partial charge >= 0.3 is 0 Å². The van der Waals surface area contributed by atoms with E-state index < -0.39 is 0 Å². The zero-order valence-electron chi connectivity index (χ0n) is 18.5. The van der Waals surface area contributed by atoms with E-state index in [-0.39, 0.29) is 0 Å². The summed E-state index contributed by atoms with van der Waals surface area (Å²) in [6.07, 6.45) is 5.63. The first-order valence-electron chi connectivity index (χ1n) is 10.7. The Morgan fingerprint density at radius 3 is 2.64 bits per heavy atom. The molecule has 0 aliphatic heterocycles. The second-order valence-corrected chi connectivity index (χ2v) is 9.66. The molecule has 0 spiro atoms. The van der Waals surface area contributed by atoms with Crippen molar-refractivity contribution in [2.45, 2.75) is 6.92 Å². The van der Waals surface area contributed by atoms with Crippen molar-refractivity contribution >= 4 is 39.0 Å². The van der Waals surface area contributed by atoms with Gasteiger partial charge in [0.05, 0.1) is 23.1 Å². The SMILES string of the molecule is Cc1ccc(-c2ccnc3[nH]c(-c4n[nH]c5ccc(-c6cncc(N(C)C)c6)cc45)cc23)s1. The number of fused-ring (bicyclic) bond motifs is 2. The van der Waals surface area contributed by atoms with Gasteiger partial charge in [0.2, 0.25) is 0 Å². The van der Waals surface area contributed by atoms with E-state index in [1.165, 1.54) is 15.3 Å². The lowest BCUT2D eigenvalue weighted by Gasteiger charge is -2.13. The van der Waals surface area contributed by atoms with Crippen LogP contribution < -0.4 is 4.90 Å². The van der Waals surface area contributed by atoms with Crippen LogP contribution in [0.2, 0.25) is 0 Å². The molecule has 6 rings (SSSR count). The van der Waals surface area contributed by atoms with Gasteiger partial charge in [0.25, 0.3) is 0 Å². The summed E-state index contributed by atoms with van der Waals surface area (Å²) in [5.41, 5.74) is 8.12. The second-order valence-electron chi connectivity index (χ2n) is 8.37. The molecular weight excluding hydrogens is 428 g/mol. The molecule has 6 nitrogen and oxygen atoms in total. The number of nitrogens with zero attached hydrogens (tertiary/aromatic N) is 4. The zero-order valence-corrected chi connectivity index (χ0v) is 19.4. The maximum absolute atomic E-state index is 4.64. The summed E-state index contributed by atoms with van der Waals surface area (Å²) in [4.78, 5) is 17.1. The van der Waals surface area contributed by atoms with E-state index in [0.29, 0.717) is 0 Å². The van der Waals surface area contributed by atoms with Gasteiger partial charge in [0.1, 0.15) is 11.3 Å². The lowest BCUT2D eigenvalue weighted by molar-refractivity contribution is 1.11. The average molecular weight is 451 g/mol. The van der Waals surface area contributed by atoms with Gasteiger partial charge in [-0.3, -0.25) is 10.1 Å². The Morgan fingerprint density at radius 2 is 1.82 bits per heavy atom. The fraction of sp³-hybridized carbons (Fsp3) is 0.115. The first-order valence-corrected chi connectivity index (χ1v) is 11.5. The van der Waals surface area contributed by atoms with Crippen LogP contribution >= 0.6 is 11.3 Å². The molecule has 5 heterocycles. The van der Waals surface area contributed by atoms with Crippen molar-refractivity contribution in [1.82, 2.24) is 25.1 Å². The minimum absolute atomic E-state index is 0.865. The second kappa shape index (κ2) is 7.56. The standard InChI is InChI=1S/C26H22N6S/c1-15-4-7-24(33-15)19-8-9-28-26-20(19)12-23(29-26)25-21-11-16(5-6-22(21)30-31-25)17-10-18(32(2)3)14-27-13-17/h4-14H,1-3H3,(H,28,29)(H,30,31). The molecule has 2 N–H and O–H groups in total. The molecular formula is C26H22N6S. The van der Waals surface area contributed by atoms with Crippen LogP contribution in [0.25, 0.3) is 54.9 Å². The highest BCUT2D eigenvalue weighted by Crippen LogP contribution is 2.36. The predicted octanol–water partition coefficient (Wildman–Crippen LogP) is 6.27. The van der Waals surface area contributed by atoms with Crippen molar-refractivity contribution < 1.29 is 0 Å². The highest BCUT2D eigenvalue weighted by Gasteiger charge is 2.15. The van der Waals surface area contributed by atoms with Crippen LogP contribution in [0.5, 0.6) is 0 Å². The molecule has 0 aliphatic carbocycles. The van der Waals surface area contributed by atoms with E-state index in [1.807, 2.05) is 32.7 Å². The summed E-state index contributed by atoms with van der Waals surface area (Å²) in [5.74, 6) is 0. The Bertz CT molecular complexity index is 1620. The molecule has 0 bridgehead atoms. The number of aromatic nitrogens is 5. The van der Waals surface area contributed by atoms with Crippen molar-refractivity contribution in [3.8, 4) is 33.0 Å². The first-order chi connectivity index (χ1) is 16.1. The lowest BCUT2D eigenvalue weighted by Crippen LogP contribution is -2.08. The molecule has 0 saturated heterocycles. The van der Waals surface area contributed by atoms with Crippen LogP contribution in [0.3, 0.4) is 0 Å². The summed E-state index contributed by atoms with van der Waals surface area (Å²) in [6, 6.07) is 17.1. The molecule has 0 saturated carbocycles. The van der Waals surface area contributed by atoms with Crippen LogP contribution in [0.1, 0.15) is 4.88 Å².